The Balaban J connectivity index is 1.65. The van der Waals surface area contributed by atoms with Crippen LogP contribution in [-0.4, -0.2) is 23.3 Å². The van der Waals surface area contributed by atoms with Gasteiger partial charge in [-0.3, -0.25) is 0 Å². The molecule has 1 atom stereocenters. The fourth-order valence-electron chi connectivity index (χ4n) is 4.11. The van der Waals surface area contributed by atoms with Gasteiger partial charge in [0.2, 0.25) is 5.88 Å². The first-order chi connectivity index (χ1) is 14.9. The van der Waals surface area contributed by atoms with Crippen LogP contribution in [0.5, 0.6) is 5.88 Å². The fraction of sp³-hybridized carbons (Fsp3) is 0.280. The van der Waals surface area contributed by atoms with Gasteiger partial charge in [-0.25, -0.2) is 4.98 Å². The van der Waals surface area contributed by atoms with Crippen molar-refractivity contribution in [2.24, 2.45) is 5.10 Å². The van der Waals surface area contributed by atoms with E-state index in [0.717, 1.165) is 52.9 Å². The van der Waals surface area contributed by atoms with Crippen molar-refractivity contribution in [3.05, 3.63) is 69.7 Å². The molecule has 0 saturated carbocycles. The van der Waals surface area contributed by atoms with Crippen LogP contribution in [0.2, 0.25) is 10.0 Å². The topological polar surface area (TPSA) is 46.5 Å². The highest BCUT2D eigenvalue weighted by Gasteiger charge is 2.29. The Morgan fingerprint density at radius 3 is 2.55 bits per heavy atom. The second-order valence-corrected chi connectivity index (χ2v) is 9.55. The number of rotatable bonds is 3. The van der Waals surface area contributed by atoms with Gasteiger partial charge < -0.3 is 10.2 Å². The molecule has 0 spiro atoms. The third-order valence-electron chi connectivity index (χ3n) is 5.92. The Kier molecular flexibility index (Phi) is 5.15. The molecule has 3 aromatic rings. The van der Waals surface area contributed by atoms with Crippen LogP contribution in [0, 0.1) is 0 Å². The van der Waals surface area contributed by atoms with E-state index in [0.29, 0.717) is 15.9 Å². The Morgan fingerprint density at radius 1 is 1.03 bits per heavy atom. The first kappa shape index (κ1) is 20.3. The van der Waals surface area contributed by atoms with Crippen LogP contribution in [0.3, 0.4) is 0 Å². The number of hydrogen-bond acceptors (Lipinski definition) is 4. The van der Waals surface area contributed by atoms with Crippen molar-refractivity contribution in [1.82, 2.24) is 10.4 Å². The molecule has 0 aliphatic carbocycles. The summed E-state index contributed by atoms with van der Waals surface area (Å²) in [6, 6.07) is 16.2. The molecule has 2 aliphatic heterocycles. The molecule has 0 amide bonds. The van der Waals surface area contributed by atoms with Gasteiger partial charge in [-0.1, -0.05) is 47.5 Å². The van der Waals surface area contributed by atoms with Crippen LogP contribution >= 0.6 is 23.2 Å². The lowest BCUT2D eigenvalue weighted by atomic mass is 9.91. The molecule has 3 heterocycles. The zero-order valence-electron chi connectivity index (χ0n) is 17.5. The Morgan fingerprint density at radius 2 is 1.84 bits per heavy atom. The number of aryl methyl sites for hydroxylation is 1. The summed E-state index contributed by atoms with van der Waals surface area (Å²) in [7, 11) is 0. The third-order valence-corrected chi connectivity index (χ3v) is 6.48. The van der Waals surface area contributed by atoms with E-state index in [1.165, 1.54) is 0 Å². The molecule has 6 heteroatoms. The normalized spacial score (nSPS) is 18.9. The maximum atomic E-state index is 6.80. The molecule has 1 aromatic heterocycles. The molecule has 31 heavy (non-hydrogen) atoms. The average molecular weight is 452 g/mol. The summed E-state index contributed by atoms with van der Waals surface area (Å²) in [4.78, 5) is 4.99. The van der Waals surface area contributed by atoms with Crippen LogP contribution in [-0.2, 0) is 6.42 Å². The highest BCUT2D eigenvalue weighted by molar-refractivity contribution is 6.33. The van der Waals surface area contributed by atoms with Gasteiger partial charge in [0.05, 0.1) is 10.7 Å². The predicted molar refractivity (Wildman–Crippen MR) is 127 cm³/mol. The van der Waals surface area contributed by atoms with Crippen molar-refractivity contribution in [3.63, 3.8) is 0 Å². The standard InChI is InChI=1S/C25H23Cl2N3O/c1-25(2)10-9-17-11-21(15-3-6-19(26)7-4-15)23(30-24(17)31-25)20-8-5-16(12-22(20)27)18-13-28-29-14-18/h3-8,11-13,18,29H,9-10,14H2,1-2H3. The first-order valence-electron chi connectivity index (χ1n) is 10.4. The summed E-state index contributed by atoms with van der Waals surface area (Å²) in [5, 5.41) is 5.48. The molecule has 0 saturated heterocycles. The van der Waals surface area contributed by atoms with E-state index < -0.39 is 0 Å². The van der Waals surface area contributed by atoms with Gasteiger partial charge in [-0.15, -0.1) is 0 Å². The van der Waals surface area contributed by atoms with E-state index in [4.69, 9.17) is 32.9 Å². The van der Waals surface area contributed by atoms with Crippen LogP contribution in [0.1, 0.15) is 37.3 Å². The lowest BCUT2D eigenvalue weighted by molar-refractivity contribution is 0.0785. The minimum Gasteiger partial charge on any atom is -0.471 e. The quantitative estimate of drug-likeness (QED) is 0.494. The maximum absolute atomic E-state index is 6.80. The summed E-state index contributed by atoms with van der Waals surface area (Å²) in [5.74, 6) is 0.916. The minimum atomic E-state index is -0.235. The molecule has 0 fully saturated rings. The van der Waals surface area contributed by atoms with E-state index in [-0.39, 0.29) is 11.5 Å². The monoisotopic (exact) mass is 451 g/mol. The molecule has 1 unspecified atom stereocenters. The molecule has 2 aliphatic rings. The van der Waals surface area contributed by atoms with Crippen LogP contribution < -0.4 is 10.2 Å². The summed E-state index contributed by atoms with van der Waals surface area (Å²) in [6.45, 7) is 4.98. The Labute approximate surface area is 192 Å². The van der Waals surface area contributed by atoms with Gasteiger partial charge in [-0.2, -0.15) is 5.10 Å². The third kappa shape index (κ3) is 4.02. The number of ether oxygens (including phenoxy) is 1. The SMILES string of the molecule is CC1(C)CCc2cc(-c3ccc(Cl)cc3)c(-c3ccc(C4C=NNC4)cc3Cl)nc2O1. The molecule has 2 aromatic carbocycles. The summed E-state index contributed by atoms with van der Waals surface area (Å²) < 4.78 is 6.24. The number of benzene rings is 2. The van der Waals surface area contributed by atoms with Crippen molar-refractivity contribution in [1.29, 1.82) is 0 Å². The number of halogens is 2. The van der Waals surface area contributed by atoms with E-state index in [2.05, 4.69) is 36.5 Å². The molecule has 4 nitrogen and oxygen atoms in total. The van der Waals surface area contributed by atoms with E-state index in [1.807, 2.05) is 42.6 Å². The molecule has 158 valence electrons. The number of hydrogen-bond donors (Lipinski definition) is 1. The van der Waals surface area contributed by atoms with Crippen molar-refractivity contribution in [2.75, 3.05) is 6.54 Å². The zero-order valence-corrected chi connectivity index (χ0v) is 19.0. The highest BCUT2D eigenvalue weighted by atomic mass is 35.5. The molecule has 5 rings (SSSR count). The van der Waals surface area contributed by atoms with Gasteiger partial charge in [0.1, 0.15) is 5.60 Å². The highest BCUT2D eigenvalue weighted by Crippen LogP contribution is 2.41. The number of nitrogens with one attached hydrogen (secondary N) is 1. The molecule has 0 bridgehead atoms. The lowest BCUT2D eigenvalue weighted by Gasteiger charge is -2.32. The van der Waals surface area contributed by atoms with Crippen molar-refractivity contribution in [2.45, 2.75) is 38.2 Å². The van der Waals surface area contributed by atoms with E-state index in [9.17, 15) is 0 Å². The number of aromatic nitrogens is 1. The van der Waals surface area contributed by atoms with Crippen LogP contribution in [0.15, 0.2) is 53.6 Å². The fourth-order valence-corrected chi connectivity index (χ4v) is 4.52. The number of hydrazone groups is 1. The van der Waals surface area contributed by atoms with Crippen LogP contribution in [0.4, 0.5) is 0 Å². The van der Waals surface area contributed by atoms with Crippen molar-refractivity contribution >= 4 is 29.4 Å². The summed E-state index contributed by atoms with van der Waals surface area (Å²) in [6.07, 6.45) is 3.79. The summed E-state index contributed by atoms with van der Waals surface area (Å²) >= 11 is 12.9. The van der Waals surface area contributed by atoms with Gasteiger partial charge >= 0.3 is 0 Å². The molecular formula is C25H23Cl2N3O. The molecule has 1 N–H and O–H groups in total. The van der Waals surface area contributed by atoms with E-state index >= 15 is 0 Å². The zero-order chi connectivity index (χ0) is 21.6. The van der Waals surface area contributed by atoms with Crippen LogP contribution in [0.25, 0.3) is 22.4 Å². The van der Waals surface area contributed by atoms with Gasteiger partial charge in [-0.05, 0) is 62.1 Å². The second-order valence-electron chi connectivity index (χ2n) is 8.70. The second kappa shape index (κ2) is 7.85. The first-order valence-corrected chi connectivity index (χ1v) is 11.2. The average Bonchev–Trinajstić information content (AvgIpc) is 3.28. The van der Waals surface area contributed by atoms with Gasteiger partial charge in [0.15, 0.2) is 0 Å². The minimum absolute atomic E-state index is 0.225. The van der Waals surface area contributed by atoms with Crippen molar-refractivity contribution in [3.8, 4) is 28.3 Å². The Hall–Kier alpha value is -2.56. The van der Waals surface area contributed by atoms with Gasteiger partial charge in [0, 0.05) is 40.4 Å². The molecule has 0 radical (unpaired) electrons. The lowest BCUT2D eigenvalue weighted by Crippen LogP contribution is -2.33. The number of fused-ring (bicyclic) bond motifs is 1. The summed E-state index contributed by atoms with van der Waals surface area (Å²) in [5.41, 5.74) is 8.78. The van der Waals surface area contributed by atoms with E-state index in [1.54, 1.807) is 0 Å². The number of nitrogens with zero attached hydrogens (tertiary/aromatic N) is 2. The Bertz CT molecular complexity index is 1170. The van der Waals surface area contributed by atoms with Crippen molar-refractivity contribution < 1.29 is 4.74 Å². The maximum Gasteiger partial charge on any atom is 0.217 e. The smallest absolute Gasteiger partial charge is 0.217 e. The predicted octanol–water partition coefficient (Wildman–Crippen LogP) is 6.50. The number of pyridine rings is 1. The molecular weight excluding hydrogens is 429 g/mol. The van der Waals surface area contributed by atoms with Gasteiger partial charge in [0.25, 0.3) is 0 Å². The largest absolute Gasteiger partial charge is 0.471 e.